The monoisotopic (exact) mass is 394 g/mol. The maximum Gasteiger partial charge on any atom is 0.234 e. The molecule has 1 unspecified atom stereocenters. The lowest BCUT2D eigenvalue weighted by atomic mass is 9.94. The number of aryl methyl sites for hydroxylation is 1. The highest BCUT2D eigenvalue weighted by atomic mass is 16.5. The number of nitrogens with zero attached hydrogens (tertiary/aromatic N) is 4. The molecule has 0 saturated carbocycles. The molecule has 1 aromatic carbocycles. The normalized spacial score (nSPS) is 20.0. The Hall–Kier alpha value is -3.01. The van der Waals surface area contributed by atoms with E-state index in [1.807, 2.05) is 17.0 Å². The fourth-order valence-electron chi connectivity index (χ4n) is 4.47. The molecule has 4 rings (SSSR count). The maximum absolute atomic E-state index is 13.3. The Labute approximate surface area is 170 Å². The molecule has 2 saturated heterocycles. The van der Waals surface area contributed by atoms with Gasteiger partial charge in [0.2, 0.25) is 17.5 Å². The minimum absolute atomic E-state index is 0.0136. The van der Waals surface area contributed by atoms with Crippen LogP contribution in [0.1, 0.15) is 48.9 Å². The third kappa shape index (κ3) is 3.80. The lowest BCUT2D eigenvalue weighted by Gasteiger charge is -2.35. The Kier molecular flexibility index (Phi) is 5.43. The molecule has 1 atom stereocenters. The quantitative estimate of drug-likeness (QED) is 0.790. The van der Waals surface area contributed by atoms with Crippen molar-refractivity contribution < 1.29 is 13.9 Å². The van der Waals surface area contributed by atoms with Gasteiger partial charge in [0.25, 0.3) is 0 Å². The molecule has 1 amide bonds. The number of carbonyl (C=O) groups excluding carboxylic acids is 1. The minimum atomic E-state index is 0.0136. The van der Waals surface area contributed by atoms with Gasteiger partial charge in [0.1, 0.15) is 11.8 Å². The fraction of sp³-hybridized carbons (Fsp3) is 0.500. The Bertz CT molecular complexity index is 907. The van der Waals surface area contributed by atoms with E-state index in [-0.39, 0.29) is 17.9 Å². The molecule has 0 N–H and O–H groups in total. The number of amides is 1. The van der Waals surface area contributed by atoms with E-state index >= 15 is 0 Å². The number of piperidine rings is 1. The number of hydrogen-bond donors (Lipinski definition) is 0. The van der Waals surface area contributed by atoms with E-state index in [2.05, 4.69) is 28.1 Å². The SMILES string of the molecule is COc1ccc(C2CCCN2C(=O)C2CCN(c3oc(C)nc3C#N)CC2)cc1. The van der Waals surface area contributed by atoms with Gasteiger partial charge in [-0.1, -0.05) is 12.1 Å². The lowest BCUT2D eigenvalue weighted by Crippen LogP contribution is -2.42. The number of ether oxygens (including phenoxy) is 1. The zero-order valence-corrected chi connectivity index (χ0v) is 16.9. The molecule has 7 nitrogen and oxygen atoms in total. The van der Waals surface area contributed by atoms with Crippen LogP contribution in [0.25, 0.3) is 0 Å². The summed E-state index contributed by atoms with van der Waals surface area (Å²) in [6, 6.07) is 10.3. The van der Waals surface area contributed by atoms with Gasteiger partial charge < -0.3 is 19.0 Å². The van der Waals surface area contributed by atoms with Crippen LogP contribution in [-0.2, 0) is 4.79 Å². The van der Waals surface area contributed by atoms with E-state index in [0.29, 0.717) is 30.6 Å². The van der Waals surface area contributed by atoms with E-state index in [1.165, 1.54) is 5.56 Å². The van der Waals surface area contributed by atoms with Gasteiger partial charge in [0, 0.05) is 32.5 Å². The Morgan fingerprint density at radius 1 is 1.21 bits per heavy atom. The van der Waals surface area contributed by atoms with Crippen molar-refractivity contribution in [2.45, 2.75) is 38.6 Å². The average molecular weight is 394 g/mol. The van der Waals surface area contributed by atoms with Gasteiger partial charge in [-0.3, -0.25) is 4.79 Å². The summed E-state index contributed by atoms with van der Waals surface area (Å²) >= 11 is 0. The van der Waals surface area contributed by atoms with Gasteiger partial charge in [-0.15, -0.1) is 0 Å². The zero-order valence-electron chi connectivity index (χ0n) is 16.9. The van der Waals surface area contributed by atoms with E-state index in [9.17, 15) is 10.1 Å². The second-order valence-electron chi connectivity index (χ2n) is 7.72. The third-order valence-corrected chi connectivity index (χ3v) is 5.99. The van der Waals surface area contributed by atoms with Crippen molar-refractivity contribution in [1.29, 1.82) is 5.26 Å². The maximum atomic E-state index is 13.3. The van der Waals surface area contributed by atoms with Gasteiger partial charge >= 0.3 is 0 Å². The van der Waals surface area contributed by atoms with E-state index in [0.717, 1.165) is 38.0 Å². The molecule has 0 radical (unpaired) electrons. The number of hydrogen-bond acceptors (Lipinski definition) is 6. The number of nitriles is 1. The van der Waals surface area contributed by atoms with Crippen LogP contribution in [0.4, 0.5) is 5.88 Å². The second kappa shape index (κ2) is 8.16. The third-order valence-electron chi connectivity index (χ3n) is 5.99. The van der Waals surface area contributed by atoms with E-state index < -0.39 is 0 Å². The summed E-state index contributed by atoms with van der Waals surface area (Å²) in [5.41, 5.74) is 1.50. The number of rotatable bonds is 4. The van der Waals surface area contributed by atoms with Gasteiger partial charge in [-0.25, -0.2) is 4.98 Å². The van der Waals surface area contributed by atoms with Crippen LogP contribution >= 0.6 is 0 Å². The van der Waals surface area contributed by atoms with Crippen LogP contribution in [0, 0.1) is 24.2 Å². The standard InChI is InChI=1S/C22H26N4O3/c1-15-24-19(14-23)22(29-15)25-12-9-17(10-13-25)21(27)26-11-3-4-20(26)16-5-7-18(28-2)8-6-16/h5-8,17,20H,3-4,9-13H2,1-2H3. The molecule has 3 heterocycles. The first kappa shape index (κ1) is 19.3. The van der Waals surface area contributed by atoms with Gasteiger partial charge in [0.05, 0.1) is 13.2 Å². The molecule has 2 aliphatic rings. The highest BCUT2D eigenvalue weighted by Crippen LogP contribution is 2.36. The average Bonchev–Trinajstić information content (AvgIpc) is 3.40. The van der Waals surface area contributed by atoms with Gasteiger partial charge in [-0.2, -0.15) is 5.26 Å². The summed E-state index contributed by atoms with van der Waals surface area (Å²) in [5.74, 6) is 2.12. The number of anilines is 1. The van der Waals surface area contributed by atoms with Crippen molar-refractivity contribution in [2.24, 2.45) is 5.92 Å². The topological polar surface area (TPSA) is 82.6 Å². The number of likely N-dealkylation sites (tertiary alicyclic amines) is 1. The number of oxazole rings is 1. The van der Waals surface area contributed by atoms with Crippen molar-refractivity contribution in [1.82, 2.24) is 9.88 Å². The predicted octanol–water partition coefficient (Wildman–Crippen LogP) is 3.44. The van der Waals surface area contributed by atoms with Crippen molar-refractivity contribution in [3.05, 3.63) is 41.4 Å². The first-order valence-electron chi connectivity index (χ1n) is 10.2. The van der Waals surface area contributed by atoms with Crippen LogP contribution in [0.2, 0.25) is 0 Å². The van der Waals surface area contributed by atoms with Gasteiger partial charge in [-0.05, 0) is 43.4 Å². The summed E-state index contributed by atoms with van der Waals surface area (Å²) in [4.78, 5) is 21.5. The predicted molar refractivity (Wildman–Crippen MR) is 108 cm³/mol. The van der Waals surface area contributed by atoms with Crippen LogP contribution in [0.5, 0.6) is 5.75 Å². The largest absolute Gasteiger partial charge is 0.497 e. The summed E-state index contributed by atoms with van der Waals surface area (Å²) in [7, 11) is 1.66. The van der Waals surface area contributed by atoms with Crippen molar-refractivity contribution in [3.63, 3.8) is 0 Å². The molecule has 0 spiro atoms. The molecule has 2 aromatic rings. The first-order chi connectivity index (χ1) is 14.1. The minimum Gasteiger partial charge on any atom is -0.497 e. The molecule has 0 bridgehead atoms. The second-order valence-corrected chi connectivity index (χ2v) is 7.72. The highest BCUT2D eigenvalue weighted by molar-refractivity contribution is 5.80. The Morgan fingerprint density at radius 3 is 2.59 bits per heavy atom. The molecule has 0 aliphatic carbocycles. The van der Waals surface area contributed by atoms with Crippen LogP contribution in [-0.4, -0.2) is 42.5 Å². The number of aromatic nitrogens is 1. The molecule has 152 valence electrons. The highest BCUT2D eigenvalue weighted by Gasteiger charge is 2.36. The molecular formula is C22H26N4O3. The number of carbonyl (C=O) groups is 1. The number of methoxy groups -OCH3 is 1. The summed E-state index contributed by atoms with van der Waals surface area (Å²) < 4.78 is 10.9. The summed E-state index contributed by atoms with van der Waals surface area (Å²) in [6.45, 7) is 3.95. The molecule has 1 aromatic heterocycles. The molecule has 7 heteroatoms. The van der Waals surface area contributed by atoms with Crippen molar-refractivity contribution in [3.8, 4) is 11.8 Å². The first-order valence-corrected chi connectivity index (χ1v) is 10.2. The van der Waals surface area contributed by atoms with Crippen molar-refractivity contribution in [2.75, 3.05) is 31.6 Å². The van der Waals surface area contributed by atoms with E-state index in [4.69, 9.17) is 9.15 Å². The zero-order chi connectivity index (χ0) is 20.4. The van der Waals surface area contributed by atoms with Gasteiger partial charge in [0.15, 0.2) is 5.89 Å². The summed E-state index contributed by atoms with van der Waals surface area (Å²) in [6.07, 6.45) is 3.55. The molecular weight excluding hydrogens is 368 g/mol. The summed E-state index contributed by atoms with van der Waals surface area (Å²) in [5, 5.41) is 9.25. The van der Waals surface area contributed by atoms with Crippen molar-refractivity contribution >= 4 is 11.8 Å². The lowest BCUT2D eigenvalue weighted by molar-refractivity contribution is -0.137. The Balaban J connectivity index is 1.41. The fourth-order valence-corrected chi connectivity index (χ4v) is 4.47. The van der Waals surface area contributed by atoms with Crippen LogP contribution in [0.3, 0.4) is 0 Å². The van der Waals surface area contributed by atoms with E-state index in [1.54, 1.807) is 14.0 Å². The molecule has 2 fully saturated rings. The number of benzene rings is 1. The molecule has 29 heavy (non-hydrogen) atoms. The molecule has 2 aliphatic heterocycles. The van der Waals surface area contributed by atoms with Crippen LogP contribution in [0.15, 0.2) is 28.7 Å². The smallest absolute Gasteiger partial charge is 0.234 e. The Morgan fingerprint density at radius 2 is 1.93 bits per heavy atom. The van der Waals surface area contributed by atoms with Crippen LogP contribution < -0.4 is 9.64 Å².